The maximum Gasteiger partial charge on any atom is 0.336 e. The maximum atomic E-state index is 15.1. The van der Waals surface area contributed by atoms with Crippen LogP contribution in [0.5, 0.6) is 11.8 Å². The molecule has 5 atom stereocenters. The van der Waals surface area contributed by atoms with E-state index in [-0.39, 0.29) is 24.6 Å². The maximum absolute atomic E-state index is 15.1. The number of alkyl halides is 2. The van der Waals surface area contributed by atoms with Crippen molar-refractivity contribution in [3.63, 3.8) is 0 Å². The van der Waals surface area contributed by atoms with E-state index in [0.717, 1.165) is 5.69 Å². The molecule has 9 heteroatoms. The Morgan fingerprint density at radius 2 is 2.00 bits per heavy atom. The molecule has 1 aromatic carbocycles. The van der Waals surface area contributed by atoms with Gasteiger partial charge in [0.05, 0.1) is 18.2 Å². The highest BCUT2D eigenvalue weighted by Crippen LogP contribution is 2.60. The SMILES string of the molecule is C[C@]12C[C@@H](Oc3ncc(-c4ccc(-n5ccnc5)cc4O)nn3)[C@H](F)[C@](C)(CC1F)C2. The van der Waals surface area contributed by atoms with Gasteiger partial charge >= 0.3 is 6.01 Å². The van der Waals surface area contributed by atoms with E-state index in [4.69, 9.17) is 4.74 Å². The zero-order valence-corrected chi connectivity index (χ0v) is 17.2. The quantitative estimate of drug-likeness (QED) is 0.676. The highest BCUT2D eigenvalue weighted by atomic mass is 19.1. The lowest BCUT2D eigenvalue weighted by atomic mass is 9.68. The third kappa shape index (κ3) is 3.32. The predicted molar refractivity (Wildman–Crippen MR) is 108 cm³/mol. The van der Waals surface area contributed by atoms with E-state index in [9.17, 15) is 9.50 Å². The van der Waals surface area contributed by atoms with Crippen LogP contribution < -0.4 is 4.74 Å². The van der Waals surface area contributed by atoms with Crippen LogP contribution >= 0.6 is 0 Å². The molecule has 2 aliphatic carbocycles. The van der Waals surface area contributed by atoms with Crippen LogP contribution in [-0.4, -0.2) is 48.3 Å². The van der Waals surface area contributed by atoms with Crippen LogP contribution in [-0.2, 0) is 0 Å². The van der Waals surface area contributed by atoms with Crippen molar-refractivity contribution in [1.82, 2.24) is 24.7 Å². The van der Waals surface area contributed by atoms with Gasteiger partial charge in [0.15, 0.2) is 0 Å². The van der Waals surface area contributed by atoms with Gasteiger partial charge in [-0.05, 0) is 31.4 Å². The second-order valence-electron chi connectivity index (χ2n) is 9.22. The number of phenols is 1. The van der Waals surface area contributed by atoms with Crippen LogP contribution in [0.3, 0.4) is 0 Å². The lowest BCUT2D eigenvalue weighted by molar-refractivity contribution is -0.0493. The van der Waals surface area contributed by atoms with E-state index >= 15 is 4.39 Å². The van der Waals surface area contributed by atoms with E-state index in [2.05, 4.69) is 20.2 Å². The Kier molecular flexibility index (Phi) is 4.46. The summed E-state index contributed by atoms with van der Waals surface area (Å²) in [4.78, 5) is 8.13. The standard InChI is InChI=1S/C22H23F2N5O2/c1-21-8-17(19(24)22(2,11-21)9-18(21)23)31-20-26-10-15(27-28-20)14-4-3-13(7-16(14)30)29-6-5-25-12-29/h3-7,10,12,17-19,30H,8-9,11H2,1-2H3/t17-,18?,19+,21-,22-/m1/s1. The van der Waals surface area contributed by atoms with Crippen molar-refractivity contribution < 1.29 is 18.6 Å². The monoisotopic (exact) mass is 427 g/mol. The number of fused-ring (bicyclic) bond motifs is 2. The Labute approximate surface area is 178 Å². The van der Waals surface area contributed by atoms with Crippen molar-refractivity contribution in [3.05, 3.63) is 43.1 Å². The van der Waals surface area contributed by atoms with Crippen molar-refractivity contribution in [2.45, 2.75) is 51.6 Å². The van der Waals surface area contributed by atoms with Gasteiger partial charge in [0.2, 0.25) is 0 Å². The summed E-state index contributed by atoms with van der Waals surface area (Å²) in [6.45, 7) is 3.63. The summed E-state index contributed by atoms with van der Waals surface area (Å²) in [6.07, 6.45) is 4.28. The highest BCUT2D eigenvalue weighted by Gasteiger charge is 2.61. The summed E-state index contributed by atoms with van der Waals surface area (Å²) in [5, 5.41) is 18.5. The van der Waals surface area contributed by atoms with Gasteiger partial charge in [-0.1, -0.05) is 18.9 Å². The van der Waals surface area contributed by atoms with Crippen molar-refractivity contribution in [3.8, 4) is 28.7 Å². The topological polar surface area (TPSA) is 86.0 Å². The van der Waals surface area contributed by atoms with Gasteiger partial charge in [0.1, 0.15) is 29.9 Å². The van der Waals surface area contributed by atoms with E-state index in [1.54, 1.807) is 42.3 Å². The zero-order chi connectivity index (χ0) is 21.8. The lowest BCUT2D eigenvalue weighted by Crippen LogP contribution is -2.47. The Bertz CT molecular complexity index is 1090. The molecule has 1 N–H and O–H groups in total. The molecule has 0 radical (unpaired) electrons. The average molecular weight is 427 g/mol. The molecule has 3 aromatic rings. The van der Waals surface area contributed by atoms with E-state index in [1.807, 2.05) is 13.0 Å². The molecule has 0 aliphatic heterocycles. The van der Waals surface area contributed by atoms with E-state index < -0.39 is 29.3 Å². The number of phenolic OH excluding ortho intramolecular Hbond substituents is 1. The van der Waals surface area contributed by atoms with Crippen LogP contribution in [0.2, 0.25) is 0 Å². The molecule has 2 aromatic heterocycles. The van der Waals surface area contributed by atoms with Gasteiger partial charge in [-0.15, -0.1) is 5.10 Å². The Morgan fingerprint density at radius 3 is 2.68 bits per heavy atom. The van der Waals surface area contributed by atoms with Gasteiger partial charge in [-0.2, -0.15) is 0 Å². The number of aromatic hydroxyl groups is 1. The summed E-state index contributed by atoms with van der Waals surface area (Å²) in [5.74, 6) is 0.0125. The molecule has 162 valence electrons. The van der Waals surface area contributed by atoms with E-state index in [0.29, 0.717) is 17.7 Å². The van der Waals surface area contributed by atoms with Crippen LogP contribution in [0.25, 0.3) is 16.9 Å². The first-order chi connectivity index (χ1) is 14.8. The highest BCUT2D eigenvalue weighted by molar-refractivity contribution is 5.67. The Hall–Kier alpha value is -3.10. The summed E-state index contributed by atoms with van der Waals surface area (Å²) in [7, 11) is 0. The number of ether oxygens (including phenoxy) is 1. The molecular weight excluding hydrogens is 404 g/mol. The first-order valence-corrected chi connectivity index (χ1v) is 10.2. The number of hydrogen-bond acceptors (Lipinski definition) is 6. The van der Waals surface area contributed by atoms with Gasteiger partial charge < -0.3 is 14.4 Å². The number of halogens is 2. The van der Waals surface area contributed by atoms with Crippen LogP contribution in [0.15, 0.2) is 43.1 Å². The predicted octanol–water partition coefficient (Wildman–Crippen LogP) is 4.06. The summed E-state index contributed by atoms with van der Waals surface area (Å²) in [5.41, 5.74) is 0.208. The second-order valence-corrected chi connectivity index (χ2v) is 9.22. The lowest BCUT2D eigenvalue weighted by Gasteiger charge is -2.42. The van der Waals surface area contributed by atoms with Gasteiger partial charge in [-0.3, -0.25) is 0 Å². The smallest absolute Gasteiger partial charge is 0.336 e. The Morgan fingerprint density at radius 1 is 1.16 bits per heavy atom. The minimum Gasteiger partial charge on any atom is -0.507 e. The molecule has 2 aliphatic rings. The van der Waals surface area contributed by atoms with Gasteiger partial charge in [0.25, 0.3) is 0 Å². The van der Waals surface area contributed by atoms with Crippen molar-refractivity contribution in [1.29, 1.82) is 0 Å². The Balaban J connectivity index is 1.34. The molecule has 0 spiro atoms. The first-order valence-electron chi connectivity index (χ1n) is 10.2. The second kappa shape index (κ2) is 6.96. The average Bonchev–Trinajstić information content (AvgIpc) is 3.33. The molecule has 5 rings (SSSR count). The number of aromatic nitrogens is 5. The molecule has 0 amide bonds. The molecule has 0 saturated heterocycles. The summed E-state index contributed by atoms with van der Waals surface area (Å²) < 4.78 is 37.1. The largest absolute Gasteiger partial charge is 0.507 e. The molecule has 2 bridgehead atoms. The summed E-state index contributed by atoms with van der Waals surface area (Å²) in [6, 6.07) is 5.04. The number of nitrogens with zero attached hydrogens (tertiary/aromatic N) is 5. The molecule has 1 unspecified atom stereocenters. The summed E-state index contributed by atoms with van der Waals surface area (Å²) >= 11 is 0. The number of benzene rings is 1. The molecule has 31 heavy (non-hydrogen) atoms. The fourth-order valence-corrected chi connectivity index (χ4v) is 5.17. The van der Waals surface area contributed by atoms with E-state index in [1.165, 1.54) is 6.20 Å². The first kappa shape index (κ1) is 19.8. The zero-order valence-electron chi connectivity index (χ0n) is 17.2. The normalized spacial score (nSPS) is 32.2. The van der Waals surface area contributed by atoms with Crippen LogP contribution in [0.1, 0.15) is 33.1 Å². The third-order valence-electron chi connectivity index (χ3n) is 6.73. The number of rotatable bonds is 4. The number of imidazole rings is 1. The minimum absolute atomic E-state index is 0.0125. The fourth-order valence-electron chi connectivity index (χ4n) is 5.17. The fraction of sp³-hybridized carbons (Fsp3) is 0.455. The van der Waals surface area contributed by atoms with Crippen molar-refractivity contribution in [2.75, 3.05) is 0 Å². The molecule has 2 heterocycles. The molecule has 2 fully saturated rings. The third-order valence-corrected chi connectivity index (χ3v) is 6.73. The number of hydrogen-bond donors (Lipinski definition) is 1. The van der Waals surface area contributed by atoms with Gasteiger partial charge in [-0.25, -0.2) is 18.7 Å². The molecular formula is C22H23F2N5O2. The molecule has 7 nitrogen and oxygen atoms in total. The van der Waals surface area contributed by atoms with Crippen LogP contribution in [0.4, 0.5) is 8.78 Å². The van der Waals surface area contributed by atoms with Crippen molar-refractivity contribution >= 4 is 0 Å². The van der Waals surface area contributed by atoms with Crippen molar-refractivity contribution in [2.24, 2.45) is 10.8 Å². The minimum atomic E-state index is -1.30. The van der Waals surface area contributed by atoms with Gasteiger partial charge in [0, 0.05) is 34.9 Å². The molecule has 2 saturated carbocycles. The van der Waals surface area contributed by atoms with Crippen LogP contribution in [0, 0.1) is 10.8 Å².